The largest absolute Gasteiger partial charge is 0.383 e. The highest BCUT2D eigenvalue weighted by molar-refractivity contribution is 6.33. The van der Waals surface area contributed by atoms with Crippen molar-refractivity contribution >= 4 is 17.4 Å². The standard InChI is InChI=1S/C14H22ClN3O/c1-10(11-3-4-11)18(7-8-19-2)14-13(15)12(9-16)5-6-17-14/h5-6,10-11H,3-4,7-9,16H2,1-2H3. The summed E-state index contributed by atoms with van der Waals surface area (Å²) in [5.74, 6) is 1.58. The van der Waals surface area contributed by atoms with Crippen LogP contribution in [0.25, 0.3) is 0 Å². The number of halogens is 1. The molecule has 1 aliphatic rings. The number of hydrogen-bond donors (Lipinski definition) is 1. The monoisotopic (exact) mass is 283 g/mol. The molecule has 0 aromatic carbocycles. The number of rotatable bonds is 7. The molecule has 1 heterocycles. The Hall–Kier alpha value is -0.840. The van der Waals surface area contributed by atoms with E-state index in [1.165, 1.54) is 12.8 Å². The molecule has 5 heteroatoms. The quantitative estimate of drug-likeness (QED) is 0.835. The Morgan fingerprint density at radius 1 is 1.58 bits per heavy atom. The molecule has 1 saturated carbocycles. The lowest BCUT2D eigenvalue weighted by molar-refractivity contribution is 0.202. The first-order valence-electron chi connectivity index (χ1n) is 6.78. The van der Waals surface area contributed by atoms with Crippen LogP contribution in [0.15, 0.2) is 12.3 Å². The van der Waals surface area contributed by atoms with E-state index in [0.29, 0.717) is 24.2 Å². The molecule has 0 amide bonds. The third-order valence-electron chi connectivity index (χ3n) is 3.77. The average molecular weight is 284 g/mol. The highest BCUT2D eigenvalue weighted by Gasteiger charge is 2.33. The van der Waals surface area contributed by atoms with Crippen LogP contribution in [-0.2, 0) is 11.3 Å². The average Bonchev–Trinajstić information content (AvgIpc) is 3.25. The molecule has 1 aliphatic carbocycles. The molecule has 2 rings (SSSR count). The minimum absolute atomic E-state index is 0.435. The Balaban J connectivity index is 2.25. The molecule has 0 aliphatic heterocycles. The number of anilines is 1. The maximum absolute atomic E-state index is 6.43. The first-order chi connectivity index (χ1) is 9.19. The van der Waals surface area contributed by atoms with Crippen LogP contribution in [0.4, 0.5) is 5.82 Å². The van der Waals surface area contributed by atoms with Crippen LogP contribution in [0.2, 0.25) is 5.02 Å². The predicted octanol–water partition coefficient (Wildman–Crippen LogP) is 2.45. The fourth-order valence-electron chi connectivity index (χ4n) is 2.35. The zero-order valence-electron chi connectivity index (χ0n) is 11.6. The number of ether oxygens (including phenoxy) is 1. The number of nitrogens with two attached hydrogens (primary N) is 1. The molecule has 19 heavy (non-hydrogen) atoms. The first-order valence-corrected chi connectivity index (χ1v) is 7.15. The van der Waals surface area contributed by atoms with Gasteiger partial charge in [0.05, 0.1) is 11.6 Å². The number of aromatic nitrogens is 1. The van der Waals surface area contributed by atoms with Crippen LogP contribution in [0.3, 0.4) is 0 Å². The zero-order valence-corrected chi connectivity index (χ0v) is 12.4. The molecule has 0 bridgehead atoms. The van der Waals surface area contributed by atoms with E-state index in [1.54, 1.807) is 13.3 Å². The maximum Gasteiger partial charge on any atom is 0.148 e. The molecule has 4 nitrogen and oxygen atoms in total. The summed E-state index contributed by atoms with van der Waals surface area (Å²) >= 11 is 6.43. The molecular formula is C14H22ClN3O. The lowest BCUT2D eigenvalue weighted by atomic mass is 10.1. The van der Waals surface area contributed by atoms with Crippen LogP contribution in [0.1, 0.15) is 25.3 Å². The first kappa shape index (κ1) is 14.6. The van der Waals surface area contributed by atoms with Crippen LogP contribution in [0.5, 0.6) is 0 Å². The van der Waals surface area contributed by atoms with Crippen molar-refractivity contribution in [3.63, 3.8) is 0 Å². The van der Waals surface area contributed by atoms with Gasteiger partial charge in [-0.25, -0.2) is 4.98 Å². The zero-order chi connectivity index (χ0) is 13.8. The highest BCUT2D eigenvalue weighted by atomic mass is 35.5. The van der Waals surface area contributed by atoms with Gasteiger partial charge in [0.2, 0.25) is 0 Å². The van der Waals surface area contributed by atoms with Crippen molar-refractivity contribution < 1.29 is 4.74 Å². The van der Waals surface area contributed by atoms with E-state index in [9.17, 15) is 0 Å². The number of hydrogen-bond acceptors (Lipinski definition) is 4. The van der Waals surface area contributed by atoms with Gasteiger partial charge < -0.3 is 15.4 Å². The predicted molar refractivity (Wildman–Crippen MR) is 78.5 cm³/mol. The Kier molecular flexibility index (Phi) is 5.02. The molecule has 0 spiro atoms. The Bertz CT molecular complexity index is 423. The van der Waals surface area contributed by atoms with Crippen molar-refractivity contribution in [1.82, 2.24) is 4.98 Å². The van der Waals surface area contributed by atoms with E-state index in [4.69, 9.17) is 22.1 Å². The van der Waals surface area contributed by atoms with E-state index in [1.807, 2.05) is 6.07 Å². The van der Waals surface area contributed by atoms with Gasteiger partial charge in [0.15, 0.2) is 0 Å². The van der Waals surface area contributed by atoms with Crippen molar-refractivity contribution in [2.24, 2.45) is 11.7 Å². The fourth-order valence-corrected chi connectivity index (χ4v) is 2.65. The molecule has 1 aromatic rings. The van der Waals surface area contributed by atoms with E-state index in [-0.39, 0.29) is 0 Å². The van der Waals surface area contributed by atoms with E-state index in [0.717, 1.165) is 23.8 Å². The summed E-state index contributed by atoms with van der Waals surface area (Å²) in [6.07, 6.45) is 4.36. The lowest BCUT2D eigenvalue weighted by Crippen LogP contribution is -2.38. The molecule has 1 unspecified atom stereocenters. The molecule has 106 valence electrons. The molecule has 1 aromatic heterocycles. The summed E-state index contributed by atoms with van der Waals surface area (Å²) < 4.78 is 5.20. The second kappa shape index (κ2) is 6.55. The van der Waals surface area contributed by atoms with Crippen molar-refractivity contribution in [2.75, 3.05) is 25.2 Å². The smallest absolute Gasteiger partial charge is 0.148 e. The van der Waals surface area contributed by atoms with E-state index < -0.39 is 0 Å². The van der Waals surface area contributed by atoms with Gasteiger partial charge in [-0.3, -0.25) is 0 Å². The Morgan fingerprint density at radius 3 is 2.89 bits per heavy atom. The van der Waals surface area contributed by atoms with Gasteiger partial charge in [-0.2, -0.15) is 0 Å². The normalized spacial score (nSPS) is 16.4. The molecule has 2 N–H and O–H groups in total. The van der Waals surface area contributed by atoms with Gasteiger partial charge in [0.25, 0.3) is 0 Å². The summed E-state index contributed by atoms with van der Waals surface area (Å²) in [6, 6.07) is 2.32. The minimum atomic E-state index is 0.435. The summed E-state index contributed by atoms with van der Waals surface area (Å²) in [6.45, 7) is 4.14. The third-order valence-corrected chi connectivity index (χ3v) is 4.19. The van der Waals surface area contributed by atoms with Gasteiger partial charge in [0.1, 0.15) is 5.82 Å². The van der Waals surface area contributed by atoms with Crippen molar-refractivity contribution in [1.29, 1.82) is 0 Å². The third kappa shape index (κ3) is 3.38. The van der Waals surface area contributed by atoms with Gasteiger partial charge in [-0.1, -0.05) is 11.6 Å². The minimum Gasteiger partial charge on any atom is -0.383 e. The number of pyridine rings is 1. The second-order valence-electron chi connectivity index (χ2n) is 5.08. The SMILES string of the molecule is COCCN(c1nccc(CN)c1Cl)C(C)C1CC1. The second-order valence-corrected chi connectivity index (χ2v) is 5.45. The summed E-state index contributed by atoms with van der Waals surface area (Å²) in [7, 11) is 1.71. The van der Waals surface area contributed by atoms with Crippen molar-refractivity contribution in [3.8, 4) is 0 Å². The fraction of sp³-hybridized carbons (Fsp3) is 0.643. The van der Waals surface area contributed by atoms with Crippen molar-refractivity contribution in [3.05, 3.63) is 22.8 Å². The van der Waals surface area contributed by atoms with Crippen LogP contribution >= 0.6 is 11.6 Å². The molecular weight excluding hydrogens is 262 g/mol. The number of nitrogens with zero attached hydrogens (tertiary/aromatic N) is 2. The number of methoxy groups -OCH3 is 1. The van der Waals surface area contributed by atoms with Gasteiger partial charge in [0, 0.05) is 32.4 Å². The van der Waals surface area contributed by atoms with E-state index in [2.05, 4.69) is 16.8 Å². The van der Waals surface area contributed by atoms with Gasteiger partial charge in [-0.05, 0) is 37.3 Å². The Morgan fingerprint density at radius 2 is 2.32 bits per heavy atom. The maximum atomic E-state index is 6.43. The topological polar surface area (TPSA) is 51.4 Å². The van der Waals surface area contributed by atoms with Crippen LogP contribution in [-0.4, -0.2) is 31.3 Å². The Labute approximate surface area is 119 Å². The highest BCUT2D eigenvalue weighted by Crippen LogP contribution is 2.38. The molecule has 1 atom stereocenters. The lowest BCUT2D eigenvalue weighted by Gasteiger charge is -2.31. The molecule has 0 saturated heterocycles. The van der Waals surface area contributed by atoms with Gasteiger partial charge >= 0.3 is 0 Å². The molecule has 0 radical (unpaired) electrons. The van der Waals surface area contributed by atoms with Crippen LogP contribution < -0.4 is 10.6 Å². The van der Waals surface area contributed by atoms with Crippen LogP contribution in [0, 0.1) is 5.92 Å². The summed E-state index contributed by atoms with van der Waals surface area (Å²) in [5.41, 5.74) is 6.65. The summed E-state index contributed by atoms with van der Waals surface area (Å²) in [5, 5.41) is 0.675. The van der Waals surface area contributed by atoms with Gasteiger partial charge in [-0.15, -0.1) is 0 Å². The van der Waals surface area contributed by atoms with E-state index >= 15 is 0 Å². The summed E-state index contributed by atoms with van der Waals surface area (Å²) in [4.78, 5) is 6.71. The molecule has 1 fully saturated rings. The van der Waals surface area contributed by atoms with Crippen molar-refractivity contribution in [2.45, 2.75) is 32.4 Å².